The maximum atomic E-state index is 8.74. The average molecular weight is 310 g/mol. The fourth-order valence-corrected chi connectivity index (χ4v) is 0. The number of carboxylic acid groups (broad SMARTS) is 2. The van der Waals surface area contributed by atoms with E-state index in [1.807, 2.05) is 0 Å². The Morgan fingerprint density at radius 3 is 1.07 bits per heavy atom. The summed E-state index contributed by atoms with van der Waals surface area (Å²) in [7, 11) is -7.80. The molecule has 0 aromatic rings. The third-order valence-corrected chi connectivity index (χ3v) is 0. The van der Waals surface area contributed by atoms with Crippen LogP contribution < -0.4 is 0 Å². The zero-order chi connectivity index (χ0) is 11.7. The SMILES string of the molecule is O=C(O)O.O=S(=O)(O)O.O=[Si](O)O.[AlH3].[CaH2]. The van der Waals surface area contributed by atoms with E-state index < -0.39 is 25.7 Å². The Bertz CT molecular complexity index is 220. The monoisotopic (exact) mass is 310 g/mol. The minimum absolute atomic E-state index is 0. The second-order valence-electron chi connectivity index (χ2n) is 1.01. The molecule has 0 rings (SSSR count). The van der Waals surface area contributed by atoms with Gasteiger partial charge in [-0.05, 0) is 0 Å². The molecule has 0 aliphatic rings. The van der Waals surface area contributed by atoms with Crippen molar-refractivity contribution in [2.45, 2.75) is 0 Å². The first-order valence-electron chi connectivity index (χ1n) is 2.00. The van der Waals surface area contributed by atoms with Gasteiger partial charge in [-0.2, -0.15) is 8.42 Å². The molecular formula is CH11AlCaO10SSi. The van der Waals surface area contributed by atoms with Crippen molar-refractivity contribution >= 4 is 80.8 Å². The molecule has 0 amide bonds. The molecule has 0 unspecified atom stereocenters. The number of rotatable bonds is 0. The van der Waals surface area contributed by atoms with E-state index in [1.54, 1.807) is 0 Å². The Morgan fingerprint density at radius 1 is 1.07 bits per heavy atom. The first kappa shape index (κ1) is 29.6. The molecule has 6 N–H and O–H groups in total. The first-order chi connectivity index (χ1) is 5.46. The molecule has 0 fully saturated rings. The maximum absolute atomic E-state index is 8.74. The van der Waals surface area contributed by atoms with E-state index in [2.05, 4.69) is 0 Å². The Hall–Kier alpha value is 0.549. The van der Waals surface area contributed by atoms with Crippen molar-refractivity contribution in [3.05, 3.63) is 0 Å². The summed E-state index contributed by atoms with van der Waals surface area (Å²) >= 11 is 0. The molecule has 90 valence electrons. The van der Waals surface area contributed by atoms with E-state index >= 15 is 0 Å². The second-order valence-corrected chi connectivity index (χ2v) is 2.47. The molecule has 0 aromatic carbocycles. The average Bonchev–Trinajstić information content (AvgIpc) is 1.50. The van der Waals surface area contributed by atoms with Gasteiger partial charge in [0.2, 0.25) is 0 Å². The predicted octanol–water partition coefficient (Wildman–Crippen LogP) is -4.14. The van der Waals surface area contributed by atoms with Gasteiger partial charge in [0, 0.05) is 0 Å². The Morgan fingerprint density at radius 2 is 1.07 bits per heavy atom. The van der Waals surface area contributed by atoms with Crippen molar-refractivity contribution in [3.63, 3.8) is 0 Å². The standard InChI is InChI=1S/CH2O3.Al.Ca.H2O4S.H2O3Si.5H/c2-1(3)4;;;1-5(2,3)4;1-4(2)3;;;;;/h(H2,2,3,4);;;(H2,1,2,3,4);1-2H;;;;;. The normalized spacial score (nSPS) is 7.07. The Balaban J connectivity index is -0.0000000315. The van der Waals surface area contributed by atoms with E-state index in [0.717, 1.165) is 0 Å². The van der Waals surface area contributed by atoms with Gasteiger partial charge in [0.25, 0.3) is 0 Å². The molecule has 15 heavy (non-hydrogen) atoms. The van der Waals surface area contributed by atoms with E-state index in [1.165, 1.54) is 0 Å². The molecule has 0 heterocycles. The summed E-state index contributed by atoms with van der Waals surface area (Å²) in [6.45, 7) is 0. The van der Waals surface area contributed by atoms with E-state index in [0.29, 0.717) is 0 Å². The third kappa shape index (κ3) is 7600. The molecule has 0 aliphatic carbocycles. The van der Waals surface area contributed by atoms with Gasteiger partial charge >= 0.3 is 63.5 Å². The van der Waals surface area contributed by atoms with Crippen LogP contribution in [0, 0.1) is 0 Å². The Labute approximate surface area is 126 Å². The molecule has 14 heteroatoms. The van der Waals surface area contributed by atoms with Crippen LogP contribution >= 0.6 is 0 Å². The minimum atomic E-state index is -4.67. The van der Waals surface area contributed by atoms with Gasteiger partial charge < -0.3 is 19.8 Å². The van der Waals surface area contributed by atoms with Crippen LogP contribution in [-0.4, -0.2) is 108 Å². The molecule has 0 spiro atoms. The zero-order valence-corrected chi connectivity index (χ0v) is 7.54. The fraction of sp³-hybridized carbons (Fsp3) is 0. The van der Waals surface area contributed by atoms with Crippen LogP contribution in [-0.2, 0) is 14.9 Å². The van der Waals surface area contributed by atoms with Crippen molar-refractivity contribution in [1.29, 1.82) is 0 Å². The van der Waals surface area contributed by atoms with Gasteiger partial charge in [0.15, 0.2) is 17.4 Å². The fourth-order valence-electron chi connectivity index (χ4n) is 0. The van der Waals surface area contributed by atoms with E-state index in [9.17, 15) is 0 Å². The van der Waals surface area contributed by atoms with Crippen molar-refractivity contribution in [2.24, 2.45) is 0 Å². The van der Waals surface area contributed by atoms with Crippen molar-refractivity contribution in [1.82, 2.24) is 0 Å². The first-order valence-corrected chi connectivity index (χ1v) is 4.70. The number of hydrogen-bond acceptors (Lipinski definition) is 4. The van der Waals surface area contributed by atoms with Crippen molar-refractivity contribution < 1.29 is 46.6 Å². The van der Waals surface area contributed by atoms with E-state index in [4.69, 9.17) is 46.6 Å². The molecule has 0 aliphatic heterocycles. The molecular weight excluding hydrogens is 299 g/mol. The molecule has 0 bridgehead atoms. The summed E-state index contributed by atoms with van der Waals surface area (Å²) in [6.07, 6.45) is -1.83. The van der Waals surface area contributed by atoms with Gasteiger partial charge in [-0.25, -0.2) is 4.79 Å². The number of carbonyl (C=O) groups is 1. The van der Waals surface area contributed by atoms with Gasteiger partial charge in [0.1, 0.15) is 0 Å². The van der Waals surface area contributed by atoms with Crippen molar-refractivity contribution in [3.8, 4) is 0 Å². The van der Waals surface area contributed by atoms with Crippen LogP contribution in [0.25, 0.3) is 0 Å². The van der Waals surface area contributed by atoms with Crippen LogP contribution in [0.3, 0.4) is 0 Å². The zero-order valence-electron chi connectivity index (χ0n) is 5.72. The molecule has 0 radical (unpaired) electrons. The van der Waals surface area contributed by atoms with Crippen LogP contribution in [0.4, 0.5) is 4.79 Å². The summed E-state index contributed by atoms with van der Waals surface area (Å²) < 4.78 is 40.3. The topological polar surface area (TPSA) is 190 Å². The molecule has 0 saturated heterocycles. The summed E-state index contributed by atoms with van der Waals surface area (Å²) in [5.74, 6) is 0. The van der Waals surface area contributed by atoms with E-state index in [-0.39, 0.29) is 55.1 Å². The van der Waals surface area contributed by atoms with Crippen LogP contribution in [0.1, 0.15) is 0 Å². The van der Waals surface area contributed by atoms with Crippen LogP contribution in [0.5, 0.6) is 0 Å². The quantitative estimate of drug-likeness (QED) is 0.189. The molecule has 0 aromatic heterocycles. The third-order valence-electron chi connectivity index (χ3n) is 0. The number of hydrogen-bond donors (Lipinski definition) is 6. The van der Waals surface area contributed by atoms with Gasteiger partial charge in [-0.1, -0.05) is 0 Å². The van der Waals surface area contributed by atoms with Crippen LogP contribution in [0.15, 0.2) is 0 Å². The molecule has 10 nitrogen and oxygen atoms in total. The molecule has 0 saturated carbocycles. The van der Waals surface area contributed by atoms with Crippen LogP contribution in [0.2, 0.25) is 0 Å². The second kappa shape index (κ2) is 17.0. The summed E-state index contributed by atoms with van der Waals surface area (Å²) in [6, 6.07) is 0. The predicted molar refractivity (Wildman–Crippen MR) is 54.2 cm³/mol. The summed E-state index contributed by atoms with van der Waals surface area (Å²) in [4.78, 5) is 22.9. The summed E-state index contributed by atoms with van der Waals surface area (Å²) in [5.41, 5.74) is 0. The summed E-state index contributed by atoms with van der Waals surface area (Å²) in [5, 5.41) is 13.9. The van der Waals surface area contributed by atoms with Gasteiger partial charge in [-0.15, -0.1) is 0 Å². The van der Waals surface area contributed by atoms with Gasteiger partial charge in [0.05, 0.1) is 0 Å². The Kier molecular flexibility index (Phi) is 33.4. The molecule has 0 atom stereocenters. The van der Waals surface area contributed by atoms with Crippen molar-refractivity contribution in [2.75, 3.05) is 0 Å². The van der Waals surface area contributed by atoms with Gasteiger partial charge in [-0.3, -0.25) is 13.6 Å².